The first-order chi connectivity index (χ1) is 8.66. The zero-order chi connectivity index (χ0) is 14.3. The molecule has 0 saturated heterocycles. The number of halogens is 3. The van der Waals surface area contributed by atoms with Crippen LogP contribution in [0.5, 0.6) is 0 Å². The highest BCUT2D eigenvalue weighted by molar-refractivity contribution is 7.09. The SMILES string of the molecule is CC(C)(C)c1csc(Cn2ccc(C(F)(F)F)n2)n1. The number of nitrogens with zero attached hydrogens (tertiary/aromatic N) is 3. The standard InChI is InChI=1S/C12H14F3N3S/c1-11(2,3)9-7-19-10(16-9)6-18-5-4-8(17-18)12(13,14)15/h4-5,7H,6H2,1-3H3. The minimum Gasteiger partial charge on any atom is -0.265 e. The van der Waals surface area contributed by atoms with Crippen molar-refractivity contribution in [2.45, 2.75) is 38.9 Å². The molecule has 0 amide bonds. The third kappa shape index (κ3) is 3.34. The van der Waals surface area contributed by atoms with Crippen molar-refractivity contribution in [2.75, 3.05) is 0 Å². The summed E-state index contributed by atoms with van der Waals surface area (Å²) in [6, 6.07) is 0.971. The predicted molar refractivity (Wildman–Crippen MR) is 67.1 cm³/mol. The molecule has 0 unspecified atom stereocenters. The van der Waals surface area contributed by atoms with Gasteiger partial charge in [-0.25, -0.2) is 4.98 Å². The van der Waals surface area contributed by atoms with Crippen LogP contribution in [0.4, 0.5) is 13.2 Å². The maximum Gasteiger partial charge on any atom is 0.435 e. The summed E-state index contributed by atoms with van der Waals surface area (Å²) in [6.07, 6.45) is -3.08. The largest absolute Gasteiger partial charge is 0.435 e. The lowest BCUT2D eigenvalue weighted by Crippen LogP contribution is -2.12. The summed E-state index contributed by atoms with van der Waals surface area (Å²) in [6.45, 7) is 6.39. The Morgan fingerprint density at radius 1 is 1.21 bits per heavy atom. The molecule has 0 spiro atoms. The molecule has 2 heterocycles. The van der Waals surface area contributed by atoms with Gasteiger partial charge in [0, 0.05) is 17.0 Å². The topological polar surface area (TPSA) is 30.7 Å². The monoisotopic (exact) mass is 289 g/mol. The first-order valence-corrected chi connectivity index (χ1v) is 6.60. The Labute approximate surface area is 113 Å². The van der Waals surface area contributed by atoms with Crippen molar-refractivity contribution in [3.05, 3.63) is 34.0 Å². The molecule has 0 N–H and O–H groups in total. The first kappa shape index (κ1) is 14.0. The van der Waals surface area contributed by atoms with Crippen LogP contribution in [-0.2, 0) is 18.1 Å². The quantitative estimate of drug-likeness (QED) is 0.844. The van der Waals surface area contributed by atoms with Gasteiger partial charge < -0.3 is 0 Å². The molecule has 0 fully saturated rings. The van der Waals surface area contributed by atoms with Gasteiger partial charge in [0.15, 0.2) is 5.69 Å². The van der Waals surface area contributed by atoms with E-state index in [-0.39, 0.29) is 12.0 Å². The molecule has 0 atom stereocenters. The van der Waals surface area contributed by atoms with E-state index in [0.29, 0.717) is 0 Å². The van der Waals surface area contributed by atoms with Gasteiger partial charge in [-0.2, -0.15) is 18.3 Å². The zero-order valence-electron chi connectivity index (χ0n) is 10.8. The number of aromatic nitrogens is 3. The van der Waals surface area contributed by atoms with E-state index < -0.39 is 11.9 Å². The predicted octanol–water partition coefficient (Wildman–Crippen LogP) is 3.70. The van der Waals surface area contributed by atoms with Crippen LogP contribution in [0.2, 0.25) is 0 Å². The second-order valence-corrected chi connectivity index (χ2v) is 6.22. The molecule has 3 nitrogen and oxygen atoms in total. The summed E-state index contributed by atoms with van der Waals surface area (Å²) in [4.78, 5) is 4.42. The van der Waals surface area contributed by atoms with Crippen molar-refractivity contribution in [1.82, 2.24) is 14.8 Å². The van der Waals surface area contributed by atoms with Crippen molar-refractivity contribution in [2.24, 2.45) is 0 Å². The molecule has 0 aliphatic carbocycles. The average Bonchev–Trinajstić information content (AvgIpc) is 2.84. The molecule has 104 valence electrons. The van der Waals surface area contributed by atoms with Crippen molar-refractivity contribution in [3.8, 4) is 0 Å². The van der Waals surface area contributed by atoms with Gasteiger partial charge in [0.25, 0.3) is 0 Å². The molecule has 2 rings (SSSR count). The number of hydrogen-bond acceptors (Lipinski definition) is 3. The summed E-state index contributed by atoms with van der Waals surface area (Å²) < 4.78 is 38.5. The molecule has 7 heteroatoms. The van der Waals surface area contributed by atoms with E-state index in [2.05, 4.69) is 10.1 Å². The van der Waals surface area contributed by atoms with Gasteiger partial charge in [-0.1, -0.05) is 20.8 Å². The number of hydrogen-bond donors (Lipinski definition) is 0. The van der Waals surface area contributed by atoms with Crippen LogP contribution >= 0.6 is 11.3 Å². The molecular formula is C12H14F3N3S. The van der Waals surface area contributed by atoms with Crippen LogP contribution in [0, 0.1) is 0 Å². The van der Waals surface area contributed by atoms with Crippen LogP contribution in [0.3, 0.4) is 0 Å². The van der Waals surface area contributed by atoms with E-state index in [4.69, 9.17) is 0 Å². The van der Waals surface area contributed by atoms with Crippen molar-refractivity contribution >= 4 is 11.3 Å². The molecule has 0 aromatic carbocycles. The van der Waals surface area contributed by atoms with Crippen molar-refractivity contribution < 1.29 is 13.2 Å². The Hall–Kier alpha value is -1.37. The van der Waals surface area contributed by atoms with Crippen LogP contribution in [0.1, 0.15) is 37.2 Å². The lowest BCUT2D eigenvalue weighted by atomic mass is 9.93. The maximum atomic E-state index is 12.4. The molecule has 0 aliphatic rings. The zero-order valence-corrected chi connectivity index (χ0v) is 11.6. The summed E-state index contributed by atoms with van der Waals surface area (Å²) in [5.74, 6) is 0. The van der Waals surface area contributed by atoms with E-state index in [9.17, 15) is 13.2 Å². The molecule has 0 aliphatic heterocycles. The van der Waals surface area contributed by atoms with Gasteiger partial charge in [-0.05, 0) is 6.07 Å². The Morgan fingerprint density at radius 3 is 2.37 bits per heavy atom. The molecule has 0 radical (unpaired) electrons. The highest BCUT2D eigenvalue weighted by Gasteiger charge is 2.33. The smallest absolute Gasteiger partial charge is 0.265 e. The van der Waals surface area contributed by atoms with Crippen molar-refractivity contribution in [3.63, 3.8) is 0 Å². The van der Waals surface area contributed by atoms with Gasteiger partial charge >= 0.3 is 6.18 Å². The molecule has 0 bridgehead atoms. The van der Waals surface area contributed by atoms with Gasteiger partial charge in [0.2, 0.25) is 0 Å². The van der Waals surface area contributed by atoms with E-state index >= 15 is 0 Å². The minimum atomic E-state index is -4.40. The lowest BCUT2D eigenvalue weighted by Gasteiger charge is -2.14. The Bertz CT molecular complexity index is 513. The third-order valence-corrected chi connectivity index (χ3v) is 3.38. The van der Waals surface area contributed by atoms with Crippen LogP contribution in [0.25, 0.3) is 0 Å². The number of thiazole rings is 1. The summed E-state index contributed by atoms with van der Waals surface area (Å²) in [5.41, 5.74) is 0.00603. The fourth-order valence-electron chi connectivity index (χ4n) is 1.47. The van der Waals surface area contributed by atoms with Crippen LogP contribution < -0.4 is 0 Å². The summed E-state index contributed by atoms with van der Waals surface area (Å²) >= 11 is 1.43. The first-order valence-electron chi connectivity index (χ1n) is 5.72. The molecule has 2 aromatic rings. The van der Waals surface area contributed by atoms with Crippen molar-refractivity contribution in [1.29, 1.82) is 0 Å². The van der Waals surface area contributed by atoms with E-state index in [1.54, 1.807) is 0 Å². The average molecular weight is 289 g/mol. The van der Waals surface area contributed by atoms with Gasteiger partial charge in [0.1, 0.15) is 5.01 Å². The van der Waals surface area contributed by atoms with E-state index in [1.807, 2.05) is 26.2 Å². The molecular weight excluding hydrogens is 275 g/mol. The van der Waals surface area contributed by atoms with E-state index in [1.165, 1.54) is 22.2 Å². The fourth-order valence-corrected chi connectivity index (χ4v) is 2.48. The second kappa shape index (κ2) is 4.63. The van der Waals surface area contributed by atoms with E-state index in [0.717, 1.165) is 16.8 Å². The Balaban J connectivity index is 2.14. The maximum absolute atomic E-state index is 12.4. The van der Waals surface area contributed by atoms with Gasteiger partial charge in [-0.15, -0.1) is 11.3 Å². The minimum absolute atomic E-state index is 0.0595. The lowest BCUT2D eigenvalue weighted by molar-refractivity contribution is -0.141. The molecule has 2 aromatic heterocycles. The third-order valence-electron chi connectivity index (χ3n) is 2.55. The second-order valence-electron chi connectivity index (χ2n) is 5.27. The Kier molecular flexibility index (Phi) is 3.42. The molecule has 0 saturated carbocycles. The fraction of sp³-hybridized carbons (Fsp3) is 0.500. The number of rotatable bonds is 2. The number of alkyl halides is 3. The normalized spacial score (nSPS) is 12.9. The van der Waals surface area contributed by atoms with Gasteiger partial charge in [-0.3, -0.25) is 4.68 Å². The van der Waals surface area contributed by atoms with Crippen LogP contribution in [0.15, 0.2) is 17.6 Å². The van der Waals surface area contributed by atoms with Crippen LogP contribution in [-0.4, -0.2) is 14.8 Å². The highest BCUT2D eigenvalue weighted by Crippen LogP contribution is 2.28. The Morgan fingerprint density at radius 2 is 1.89 bits per heavy atom. The summed E-state index contributed by atoms with van der Waals surface area (Å²) in [5, 5.41) is 6.19. The highest BCUT2D eigenvalue weighted by atomic mass is 32.1. The summed E-state index contributed by atoms with van der Waals surface area (Å²) in [7, 11) is 0. The van der Waals surface area contributed by atoms with Gasteiger partial charge in [0.05, 0.1) is 12.2 Å². The molecule has 19 heavy (non-hydrogen) atoms.